The molecule has 2 N–H and O–H groups in total. The van der Waals surface area contributed by atoms with Gasteiger partial charge < -0.3 is 10.5 Å². The lowest BCUT2D eigenvalue weighted by Gasteiger charge is -2.08. The van der Waals surface area contributed by atoms with Crippen molar-refractivity contribution in [2.24, 2.45) is 5.73 Å². The third-order valence-electron chi connectivity index (χ3n) is 2.33. The number of hydrogen-bond acceptors (Lipinski definition) is 3. The Labute approximate surface area is 94.9 Å². The van der Waals surface area contributed by atoms with Crippen LogP contribution in [0.4, 0.5) is 0 Å². The van der Waals surface area contributed by atoms with Gasteiger partial charge in [-0.2, -0.15) is 0 Å². The molecule has 3 nitrogen and oxygen atoms in total. The van der Waals surface area contributed by atoms with Gasteiger partial charge in [0.25, 0.3) is 0 Å². The summed E-state index contributed by atoms with van der Waals surface area (Å²) in [6.07, 6.45) is 3.43. The maximum absolute atomic E-state index is 5.73. The summed E-state index contributed by atoms with van der Waals surface area (Å²) >= 11 is 0. The lowest BCUT2D eigenvalue weighted by atomic mass is 10.2. The van der Waals surface area contributed by atoms with E-state index >= 15 is 0 Å². The van der Waals surface area contributed by atoms with Crippen LogP contribution in [0.15, 0.2) is 42.7 Å². The molecule has 0 bridgehead atoms. The largest absolute Gasteiger partial charge is 0.455 e. The zero-order valence-electron chi connectivity index (χ0n) is 9.18. The van der Waals surface area contributed by atoms with Gasteiger partial charge in [0.2, 0.25) is 0 Å². The van der Waals surface area contributed by atoms with E-state index in [0.29, 0.717) is 6.54 Å². The molecule has 82 valence electrons. The first-order chi connectivity index (χ1) is 7.79. The van der Waals surface area contributed by atoms with Gasteiger partial charge in [-0.25, -0.2) is 0 Å². The van der Waals surface area contributed by atoms with Crippen molar-refractivity contribution in [1.82, 2.24) is 4.98 Å². The topological polar surface area (TPSA) is 48.1 Å². The predicted molar refractivity (Wildman–Crippen MR) is 63.4 cm³/mol. The van der Waals surface area contributed by atoms with Crippen LogP contribution in [0.2, 0.25) is 0 Å². The number of aromatic nitrogens is 1. The van der Waals surface area contributed by atoms with Gasteiger partial charge in [0.1, 0.15) is 11.5 Å². The summed E-state index contributed by atoms with van der Waals surface area (Å²) < 4.78 is 5.73. The van der Waals surface area contributed by atoms with E-state index in [1.54, 1.807) is 12.4 Å². The number of benzene rings is 1. The van der Waals surface area contributed by atoms with E-state index in [9.17, 15) is 0 Å². The molecule has 0 spiro atoms. The smallest absolute Gasteiger partial charge is 0.146 e. The average molecular weight is 214 g/mol. The van der Waals surface area contributed by atoms with Gasteiger partial charge in [-0.1, -0.05) is 18.2 Å². The van der Waals surface area contributed by atoms with Crippen molar-refractivity contribution in [1.29, 1.82) is 0 Å². The first kappa shape index (κ1) is 10.6. The minimum atomic E-state index is 0.470. The van der Waals surface area contributed by atoms with Gasteiger partial charge >= 0.3 is 0 Å². The molecular weight excluding hydrogens is 200 g/mol. The highest BCUT2D eigenvalue weighted by Crippen LogP contribution is 2.24. The van der Waals surface area contributed by atoms with Crippen molar-refractivity contribution in [3.05, 3.63) is 53.9 Å². The highest BCUT2D eigenvalue weighted by atomic mass is 16.5. The molecule has 0 aliphatic rings. The Morgan fingerprint density at radius 3 is 2.81 bits per heavy atom. The molecule has 0 radical (unpaired) electrons. The number of nitrogens with two attached hydrogens (primary N) is 1. The van der Waals surface area contributed by atoms with E-state index in [0.717, 1.165) is 22.6 Å². The Hall–Kier alpha value is -1.87. The van der Waals surface area contributed by atoms with Crippen molar-refractivity contribution in [3.8, 4) is 11.5 Å². The van der Waals surface area contributed by atoms with Crippen molar-refractivity contribution in [2.45, 2.75) is 13.5 Å². The highest BCUT2D eigenvalue weighted by molar-refractivity contribution is 5.36. The van der Waals surface area contributed by atoms with Gasteiger partial charge in [0.05, 0.1) is 6.20 Å². The molecule has 1 heterocycles. The molecule has 0 aliphatic carbocycles. The Morgan fingerprint density at radius 2 is 2.06 bits per heavy atom. The first-order valence-corrected chi connectivity index (χ1v) is 5.17. The minimum Gasteiger partial charge on any atom is -0.455 e. The van der Waals surface area contributed by atoms with Gasteiger partial charge in [-0.3, -0.25) is 4.98 Å². The van der Waals surface area contributed by atoms with Crippen molar-refractivity contribution in [3.63, 3.8) is 0 Å². The Morgan fingerprint density at radius 1 is 1.25 bits per heavy atom. The second kappa shape index (κ2) is 4.77. The molecule has 0 fully saturated rings. The minimum absolute atomic E-state index is 0.470. The maximum Gasteiger partial charge on any atom is 0.146 e. The maximum atomic E-state index is 5.73. The molecule has 0 aliphatic heterocycles. The quantitative estimate of drug-likeness (QED) is 0.854. The van der Waals surface area contributed by atoms with Crippen LogP contribution in [0.1, 0.15) is 11.1 Å². The van der Waals surface area contributed by atoms with Gasteiger partial charge in [-0.15, -0.1) is 0 Å². The number of aryl methyl sites for hydroxylation is 1. The number of rotatable bonds is 3. The molecule has 2 rings (SSSR count). The summed E-state index contributed by atoms with van der Waals surface area (Å²) in [6, 6.07) is 9.78. The van der Waals surface area contributed by atoms with Crippen molar-refractivity contribution in [2.75, 3.05) is 0 Å². The fourth-order valence-electron chi connectivity index (χ4n) is 1.43. The van der Waals surface area contributed by atoms with Crippen molar-refractivity contribution >= 4 is 0 Å². The molecule has 2 aromatic rings. The molecular formula is C13H14N2O. The van der Waals surface area contributed by atoms with Crippen LogP contribution in [0.25, 0.3) is 0 Å². The van der Waals surface area contributed by atoms with E-state index in [4.69, 9.17) is 10.5 Å². The number of para-hydroxylation sites is 1. The van der Waals surface area contributed by atoms with E-state index in [-0.39, 0.29) is 0 Å². The third kappa shape index (κ3) is 2.38. The second-order valence-corrected chi connectivity index (χ2v) is 3.60. The fraction of sp³-hybridized carbons (Fsp3) is 0.154. The zero-order chi connectivity index (χ0) is 11.4. The fourth-order valence-corrected chi connectivity index (χ4v) is 1.43. The summed E-state index contributed by atoms with van der Waals surface area (Å²) in [4.78, 5) is 4.08. The van der Waals surface area contributed by atoms with E-state index in [1.165, 1.54) is 0 Å². The lowest BCUT2D eigenvalue weighted by molar-refractivity contribution is 0.476. The van der Waals surface area contributed by atoms with Crippen LogP contribution in [-0.4, -0.2) is 4.98 Å². The monoisotopic (exact) mass is 214 g/mol. The number of hydrogen-bond donors (Lipinski definition) is 1. The molecule has 0 atom stereocenters. The Kier molecular flexibility index (Phi) is 3.17. The SMILES string of the molecule is Cc1ccccc1Oc1cncc(CN)c1. The number of pyridine rings is 1. The van der Waals surface area contributed by atoms with Crippen LogP contribution in [0.5, 0.6) is 11.5 Å². The number of ether oxygens (including phenoxy) is 1. The molecule has 16 heavy (non-hydrogen) atoms. The van der Waals surface area contributed by atoms with Crippen LogP contribution in [0, 0.1) is 6.92 Å². The van der Waals surface area contributed by atoms with E-state index < -0.39 is 0 Å². The zero-order valence-corrected chi connectivity index (χ0v) is 9.18. The van der Waals surface area contributed by atoms with Gasteiger partial charge in [0.15, 0.2) is 0 Å². The third-order valence-corrected chi connectivity index (χ3v) is 2.33. The molecule has 3 heteroatoms. The standard InChI is InChI=1S/C13H14N2O/c1-10-4-2-3-5-13(10)16-12-6-11(7-14)8-15-9-12/h2-6,8-9H,7,14H2,1H3. The summed E-state index contributed by atoms with van der Waals surface area (Å²) in [5.41, 5.74) is 7.61. The summed E-state index contributed by atoms with van der Waals surface area (Å²) in [6.45, 7) is 2.48. The van der Waals surface area contributed by atoms with Crippen LogP contribution in [0.3, 0.4) is 0 Å². The molecule has 1 aromatic heterocycles. The Balaban J connectivity index is 2.24. The molecule has 0 amide bonds. The number of nitrogens with zero attached hydrogens (tertiary/aromatic N) is 1. The predicted octanol–water partition coefficient (Wildman–Crippen LogP) is 2.64. The summed E-state index contributed by atoms with van der Waals surface area (Å²) in [7, 11) is 0. The Bertz CT molecular complexity index is 483. The highest BCUT2D eigenvalue weighted by Gasteiger charge is 2.01. The van der Waals surface area contributed by atoms with E-state index in [1.807, 2.05) is 37.3 Å². The van der Waals surface area contributed by atoms with E-state index in [2.05, 4.69) is 4.98 Å². The average Bonchev–Trinajstić information content (AvgIpc) is 2.32. The lowest BCUT2D eigenvalue weighted by Crippen LogP contribution is -1.97. The second-order valence-electron chi connectivity index (χ2n) is 3.60. The van der Waals surface area contributed by atoms with Crippen LogP contribution >= 0.6 is 0 Å². The molecule has 1 aromatic carbocycles. The van der Waals surface area contributed by atoms with Crippen LogP contribution in [-0.2, 0) is 6.54 Å². The summed E-state index contributed by atoms with van der Waals surface area (Å²) in [5.74, 6) is 1.57. The van der Waals surface area contributed by atoms with Gasteiger partial charge in [0, 0.05) is 12.7 Å². The molecule has 0 unspecified atom stereocenters. The molecule has 0 saturated heterocycles. The first-order valence-electron chi connectivity index (χ1n) is 5.17. The normalized spacial score (nSPS) is 10.1. The van der Waals surface area contributed by atoms with Gasteiger partial charge in [-0.05, 0) is 30.2 Å². The molecule has 0 saturated carbocycles. The van der Waals surface area contributed by atoms with Crippen molar-refractivity contribution < 1.29 is 4.74 Å². The van der Waals surface area contributed by atoms with Crippen LogP contribution < -0.4 is 10.5 Å². The summed E-state index contributed by atoms with van der Waals surface area (Å²) in [5, 5.41) is 0.